The molecule has 2 aliphatic carbocycles. The molecule has 1 aromatic carbocycles. The zero-order valence-electron chi connectivity index (χ0n) is 15.9. The highest BCUT2D eigenvalue weighted by Gasteiger charge is 2.69. The minimum absolute atomic E-state index is 0.0222. The Morgan fingerprint density at radius 1 is 1.12 bits per heavy atom. The number of rotatable bonds is 0. The lowest BCUT2D eigenvalue weighted by Gasteiger charge is -2.61. The van der Waals surface area contributed by atoms with Gasteiger partial charge in [0, 0.05) is 11.3 Å². The van der Waals surface area contributed by atoms with Crippen molar-refractivity contribution in [3.05, 3.63) is 23.3 Å². The van der Waals surface area contributed by atoms with Gasteiger partial charge in [-0.15, -0.1) is 0 Å². The average molecular weight is 342 g/mol. The summed E-state index contributed by atoms with van der Waals surface area (Å²) in [6, 6.07) is 3.92. The number of phenols is 1. The first kappa shape index (κ1) is 16.0. The van der Waals surface area contributed by atoms with Crippen LogP contribution in [0.15, 0.2) is 12.1 Å². The maximum atomic E-state index is 10.7. The van der Waals surface area contributed by atoms with E-state index in [4.69, 9.17) is 9.47 Å². The van der Waals surface area contributed by atoms with E-state index in [1.165, 1.54) is 25.7 Å². The molecule has 0 unspecified atom stereocenters. The lowest BCUT2D eigenvalue weighted by molar-refractivity contribution is -0.156. The first-order chi connectivity index (χ1) is 11.8. The van der Waals surface area contributed by atoms with Gasteiger partial charge in [0.1, 0.15) is 17.1 Å². The lowest BCUT2D eigenvalue weighted by Crippen LogP contribution is -2.61. The van der Waals surface area contributed by atoms with E-state index in [-0.39, 0.29) is 17.1 Å². The fourth-order valence-corrected chi connectivity index (χ4v) is 7.20. The molecule has 0 radical (unpaired) electrons. The highest BCUT2D eigenvalue weighted by atomic mass is 16.5. The maximum Gasteiger partial charge on any atom is 0.129 e. The Morgan fingerprint density at radius 2 is 1.92 bits per heavy atom. The van der Waals surface area contributed by atoms with Crippen LogP contribution < -0.4 is 4.74 Å². The van der Waals surface area contributed by atoms with Gasteiger partial charge < -0.3 is 14.6 Å². The molecular weight excluding hydrogens is 312 g/mol. The van der Waals surface area contributed by atoms with E-state index < -0.39 is 0 Å². The van der Waals surface area contributed by atoms with Gasteiger partial charge >= 0.3 is 0 Å². The van der Waals surface area contributed by atoms with Crippen molar-refractivity contribution in [1.29, 1.82) is 0 Å². The van der Waals surface area contributed by atoms with Crippen LogP contribution in [0.4, 0.5) is 0 Å². The quantitative estimate of drug-likeness (QED) is 0.709. The van der Waals surface area contributed by atoms with Gasteiger partial charge in [0.2, 0.25) is 0 Å². The molecule has 3 nitrogen and oxygen atoms in total. The third-order valence-corrected chi connectivity index (χ3v) is 8.03. The molecule has 1 aromatic rings. The SMILES string of the molecule is Cc1cc(O)c2c(c1)O[C@@]1(C)CC[C@H]3C(C)(C)CCC[C@]34CO[C@H]2[C@@H]41. The Bertz CT molecular complexity index is 739. The van der Waals surface area contributed by atoms with Crippen LogP contribution in [0.3, 0.4) is 0 Å². The predicted molar refractivity (Wildman–Crippen MR) is 96.8 cm³/mol. The lowest BCUT2D eigenvalue weighted by atomic mass is 9.44. The minimum atomic E-state index is -0.182. The van der Waals surface area contributed by atoms with Gasteiger partial charge in [0.05, 0.1) is 18.3 Å². The molecular formula is C22H30O3. The summed E-state index contributed by atoms with van der Waals surface area (Å²) in [6.07, 6.45) is 6.12. The summed E-state index contributed by atoms with van der Waals surface area (Å²) in [5.74, 6) is 2.22. The number of ether oxygens (including phenoxy) is 2. The molecule has 5 rings (SSSR count). The average Bonchev–Trinajstić information content (AvgIpc) is 2.86. The number of hydrogen-bond acceptors (Lipinski definition) is 3. The van der Waals surface area contributed by atoms with Gasteiger partial charge in [-0.25, -0.2) is 0 Å². The first-order valence-electron chi connectivity index (χ1n) is 9.91. The van der Waals surface area contributed by atoms with Crippen molar-refractivity contribution in [3.8, 4) is 11.5 Å². The van der Waals surface area contributed by atoms with E-state index >= 15 is 0 Å². The van der Waals surface area contributed by atoms with Crippen LogP contribution in [0.2, 0.25) is 0 Å². The molecule has 0 aromatic heterocycles. The first-order valence-corrected chi connectivity index (χ1v) is 9.91. The monoisotopic (exact) mass is 342 g/mol. The molecule has 0 bridgehead atoms. The van der Waals surface area contributed by atoms with Gasteiger partial charge in [-0.3, -0.25) is 0 Å². The van der Waals surface area contributed by atoms with E-state index in [1.54, 1.807) is 0 Å². The summed E-state index contributed by atoms with van der Waals surface area (Å²) in [5, 5.41) is 10.7. The fraction of sp³-hybridized carbons (Fsp3) is 0.727. The van der Waals surface area contributed by atoms with Gasteiger partial charge in [-0.2, -0.15) is 0 Å². The number of hydrogen-bond donors (Lipinski definition) is 1. The predicted octanol–water partition coefficient (Wildman–Crippen LogP) is 5.15. The largest absolute Gasteiger partial charge is 0.507 e. The van der Waals surface area contributed by atoms with E-state index in [0.717, 1.165) is 29.9 Å². The third kappa shape index (κ3) is 1.91. The zero-order chi connectivity index (χ0) is 17.6. The number of fused-ring (bicyclic) bond motifs is 2. The molecule has 1 saturated heterocycles. The highest BCUT2D eigenvalue weighted by Crippen LogP contribution is 2.71. The second-order valence-electron chi connectivity index (χ2n) is 9.99. The van der Waals surface area contributed by atoms with Crippen molar-refractivity contribution >= 4 is 0 Å². The van der Waals surface area contributed by atoms with Crippen LogP contribution in [0.1, 0.15) is 70.1 Å². The van der Waals surface area contributed by atoms with Crippen LogP contribution in [0.5, 0.6) is 11.5 Å². The number of benzene rings is 1. The van der Waals surface area contributed by atoms with Crippen molar-refractivity contribution in [2.45, 2.75) is 71.5 Å². The number of phenolic OH excluding ortho intramolecular Hbond substituents is 1. The molecule has 25 heavy (non-hydrogen) atoms. The van der Waals surface area contributed by atoms with Gasteiger partial charge in [0.25, 0.3) is 0 Å². The Morgan fingerprint density at radius 3 is 2.72 bits per heavy atom. The number of aromatic hydroxyl groups is 1. The molecule has 136 valence electrons. The van der Waals surface area contributed by atoms with Gasteiger partial charge in [0.15, 0.2) is 0 Å². The van der Waals surface area contributed by atoms with Gasteiger partial charge in [-0.05, 0) is 68.6 Å². The second-order valence-corrected chi connectivity index (χ2v) is 9.99. The smallest absolute Gasteiger partial charge is 0.129 e. The van der Waals surface area contributed by atoms with Crippen molar-refractivity contribution < 1.29 is 14.6 Å². The minimum Gasteiger partial charge on any atom is -0.507 e. The van der Waals surface area contributed by atoms with Crippen LogP contribution >= 0.6 is 0 Å². The van der Waals surface area contributed by atoms with Crippen LogP contribution in [0.25, 0.3) is 0 Å². The number of aryl methyl sites for hydroxylation is 1. The summed E-state index contributed by atoms with van der Waals surface area (Å²) < 4.78 is 13.1. The van der Waals surface area contributed by atoms with Crippen molar-refractivity contribution in [2.75, 3.05) is 6.61 Å². The summed E-state index contributed by atoms with van der Waals surface area (Å²) in [6.45, 7) is 10.0. The van der Waals surface area contributed by atoms with Gasteiger partial charge in [-0.1, -0.05) is 20.3 Å². The van der Waals surface area contributed by atoms with Crippen LogP contribution in [-0.4, -0.2) is 17.3 Å². The van der Waals surface area contributed by atoms with Crippen molar-refractivity contribution in [1.82, 2.24) is 0 Å². The zero-order valence-corrected chi connectivity index (χ0v) is 15.9. The standard InChI is InChI=1S/C22H30O3/c1-13-10-14(23)17-15(11-13)25-21(4)9-6-16-20(2,3)7-5-8-22(16)12-24-18(17)19(21)22/h10-11,16,18-19,23H,5-9,12H2,1-4H3/t16-,18+,19+,21-,22-/m0/s1. The Kier molecular flexibility index (Phi) is 3.03. The molecule has 2 heterocycles. The Labute approximate surface area is 150 Å². The van der Waals surface area contributed by atoms with E-state index in [0.29, 0.717) is 23.0 Å². The van der Waals surface area contributed by atoms with Crippen molar-refractivity contribution in [3.63, 3.8) is 0 Å². The molecule has 1 N–H and O–H groups in total. The molecule has 4 aliphatic rings. The molecule has 2 saturated carbocycles. The fourth-order valence-electron chi connectivity index (χ4n) is 7.20. The Balaban J connectivity index is 1.69. The van der Waals surface area contributed by atoms with Crippen LogP contribution in [-0.2, 0) is 4.74 Å². The van der Waals surface area contributed by atoms with Crippen molar-refractivity contribution in [2.24, 2.45) is 22.7 Å². The molecule has 3 fully saturated rings. The van der Waals surface area contributed by atoms with E-state index in [9.17, 15) is 5.11 Å². The highest BCUT2D eigenvalue weighted by molar-refractivity contribution is 5.51. The summed E-state index contributed by atoms with van der Waals surface area (Å²) in [5.41, 5.74) is 2.33. The molecule has 0 amide bonds. The Hall–Kier alpha value is -1.22. The molecule has 5 atom stereocenters. The molecule has 2 aliphatic heterocycles. The molecule has 3 heteroatoms. The topological polar surface area (TPSA) is 38.7 Å². The molecule has 1 spiro atoms. The van der Waals surface area contributed by atoms with E-state index in [1.807, 2.05) is 13.0 Å². The summed E-state index contributed by atoms with van der Waals surface area (Å²) in [7, 11) is 0. The summed E-state index contributed by atoms with van der Waals surface area (Å²) >= 11 is 0. The maximum absolute atomic E-state index is 10.7. The summed E-state index contributed by atoms with van der Waals surface area (Å²) in [4.78, 5) is 0. The third-order valence-electron chi connectivity index (χ3n) is 8.03. The normalized spacial score (nSPS) is 43.6. The second kappa shape index (κ2) is 4.73. The van der Waals surface area contributed by atoms with Crippen LogP contribution in [0, 0.1) is 29.6 Å². The van der Waals surface area contributed by atoms with E-state index in [2.05, 4.69) is 26.8 Å².